The quantitative estimate of drug-likeness (QED) is 0.599. The topological polar surface area (TPSA) is 79.2 Å². The third kappa shape index (κ3) is 2.94. The van der Waals surface area contributed by atoms with Crippen molar-refractivity contribution in [3.63, 3.8) is 0 Å². The standard InChI is InChI=1S/C21H20N6O/c28-20(18-14-27-11-5-9-22-21(27)24-18)26-10-4-8-16(13-26)19-17(12-23-25-19)15-6-2-1-3-7-15/h1-3,5-7,9,11-12,14,16H,4,8,10,13H2,(H,23,25)/t16-/m1/s1. The number of rotatable bonds is 3. The molecule has 7 heteroatoms. The molecule has 1 amide bonds. The van der Waals surface area contributed by atoms with E-state index in [1.54, 1.807) is 16.8 Å². The molecule has 4 heterocycles. The van der Waals surface area contributed by atoms with Crippen molar-refractivity contribution >= 4 is 11.7 Å². The van der Waals surface area contributed by atoms with Gasteiger partial charge in [0.25, 0.3) is 5.91 Å². The molecule has 28 heavy (non-hydrogen) atoms. The number of nitrogens with zero attached hydrogens (tertiary/aromatic N) is 5. The average Bonchev–Trinajstić information content (AvgIpc) is 3.41. The Morgan fingerprint density at radius 1 is 1.18 bits per heavy atom. The molecule has 1 fully saturated rings. The smallest absolute Gasteiger partial charge is 0.274 e. The fourth-order valence-corrected chi connectivity index (χ4v) is 3.95. The lowest BCUT2D eigenvalue weighted by atomic mass is 9.90. The van der Waals surface area contributed by atoms with E-state index < -0.39 is 0 Å². The van der Waals surface area contributed by atoms with Crippen LogP contribution in [-0.2, 0) is 0 Å². The van der Waals surface area contributed by atoms with E-state index >= 15 is 0 Å². The molecule has 1 aliphatic rings. The number of aromatic nitrogens is 5. The van der Waals surface area contributed by atoms with Crippen LogP contribution < -0.4 is 0 Å². The highest BCUT2D eigenvalue weighted by Crippen LogP contribution is 2.33. The normalized spacial score (nSPS) is 17.1. The van der Waals surface area contributed by atoms with E-state index in [0.717, 1.165) is 36.2 Å². The maximum Gasteiger partial charge on any atom is 0.274 e. The molecular formula is C21H20N6O. The summed E-state index contributed by atoms with van der Waals surface area (Å²) in [6.45, 7) is 1.40. The second-order valence-electron chi connectivity index (χ2n) is 7.11. The van der Waals surface area contributed by atoms with E-state index in [-0.39, 0.29) is 11.8 Å². The van der Waals surface area contributed by atoms with Gasteiger partial charge in [-0.3, -0.25) is 14.3 Å². The second-order valence-corrected chi connectivity index (χ2v) is 7.11. The van der Waals surface area contributed by atoms with Gasteiger partial charge in [-0.1, -0.05) is 30.3 Å². The third-order valence-corrected chi connectivity index (χ3v) is 5.33. The van der Waals surface area contributed by atoms with Gasteiger partial charge in [0.2, 0.25) is 5.78 Å². The van der Waals surface area contributed by atoms with Crippen LogP contribution in [0.15, 0.2) is 61.2 Å². The number of benzene rings is 1. The number of hydrogen-bond acceptors (Lipinski definition) is 4. The highest BCUT2D eigenvalue weighted by molar-refractivity contribution is 5.93. The molecule has 1 aliphatic heterocycles. The SMILES string of the molecule is O=C(c1cn2cccnc2n1)N1CCC[C@@H](c2[nH]ncc2-c2ccccc2)C1. The van der Waals surface area contributed by atoms with Crippen molar-refractivity contribution in [3.05, 3.63) is 72.6 Å². The van der Waals surface area contributed by atoms with Gasteiger partial charge in [0.05, 0.1) is 6.20 Å². The molecule has 0 aliphatic carbocycles. The molecule has 1 atom stereocenters. The molecule has 1 N–H and O–H groups in total. The van der Waals surface area contributed by atoms with Crippen molar-refractivity contribution in [2.24, 2.45) is 0 Å². The van der Waals surface area contributed by atoms with Gasteiger partial charge in [0, 0.05) is 48.9 Å². The van der Waals surface area contributed by atoms with Crippen LogP contribution >= 0.6 is 0 Å². The molecule has 0 bridgehead atoms. The Bertz CT molecular complexity index is 1080. The largest absolute Gasteiger partial charge is 0.337 e. The minimum Gasteiger partial charge on any atom is -0.337 e. The number of fused-ring (bicyclic) bond motifs is 1. The van der Waals surface area contributed by atoms with Crippen LogP contribution in [0.1, 0.15) is 34.9 Å². The first-order chi connectivity index (χ1) is 13.8. The zero-order valence-electron chi connectivity index (χ0n) is 15.3. The van der Waals surface area contributed by atoms with Crippen molar-refractivity contribution in [3.8, 4) is 11.1 Å². The van der Waals surface area contributed by atoms with Crippen LogP contribution in [0, 0.1) is 0 Å². The van der Waals surface area contributed by atoms with Gasteiger partial charge >= 0.3 is 0 Å². The summed E-state index contributed by atoms with van der Waals surface area (Å²) in [5.74, 6) is 0.723. The lowest BCUT2D eigenvalue weighted by Crippen LogP contribution is -2.39. The summed E-state index contributed by atoms with van der Waals surface area (Å²) in [5.41, 5.74) is 3.78. The Hall–Kier alpha value is -3.48. The van der Waals surface area contributed by atoms with Crippen LogP contribution in [0.5, 0.6) is 0 Å². The number of piperidine rings is 1. The van der Waals surface area contributed by atoms with Gasteiger partial charge in [0.15, 0.2) is 0 Å². The summed E-state index contributed by atoms with van der Waals surface area (Å²) in [7, 11) is 0. The van der Waals surface area contributed by atoms with Crippen molar-refractivity contribution < 1.29 is 4.79 Å². The van der Waals surface area contributed by atoms with Crippen LogP contribution in [0.3, 0.4) is 0 Å². The molecule has 3 aromatic heterocycles. The van der Waals surface area contributed by atoms with Crippen molar-refractivity contribution in [1.82, 2.24) is 29.5 Å². The highest BCUT2D eigenvalue weighted by Gasteiger charge is 2.29. The monoisotopic (exact) mass is 372 g/mol. The maximum absolute atomic E-state index is 13.0. The van der Waals surface area contributed by atoms with Gasteiger partial charge in [0.1, 0.15) is 5.69 Å². The second kappa shape index (κ2) is 6.92. The van der Waals surface area contributed by atoms with Gasteiger partial charge in [-0.05, 0) is 24.5 Å². The fraction of sp³-hybridized carbons (Fsp3) is 0.238. The van der Waals surface area contributed by atoms with Crippen LogP contribution in [-0.4, -0.2) is 48.5 Å². The van der Waals surface area contributed by atoms with Gasteiger partial charge in [-0.15, -0.1) is 0 Å². The van der Waals surface area contributed by atoms with Gasteiger partial charge < -0.3 is 4.90 Å². The first-order valence-corrected chi connectivity index (χ1v) is 9.47. The number of carbonyl (C=O) groups excluding carboxylic acids is 1. The first-order valence-electron chi connectivity index (χ1n) is 9.47. The van der Waals surface area contributed by atoms with Crippen molar-refractivity contribution in [2.45, 2.75) is 18.8 Å². The Morgan fingerprint density at radius 3 is 2.93 bits per heavy atom. The summed E-state index contributed by atoms with van der Waals surface area (Å²) >= 11 is 0. The van der Waals surface area contributed by atoms with E-state index in [0.29, 0.717) is 18.0 Å². The molecule has 1 saturated heterocycles. The molecule has 5 rings (SSSR count). The lowest BCUT2D eigenvalue weighted by Gasteiger charge is -2.32. The first kappa shape index (κ1) is 16.7. The fourth-order valence-electron chi connectivity index (χ4n) is 3.95. The molecule has 0 spiro atoms. The molecule has 0 radical (unpaired) electrons. The number of nitrogens with one attached hydrogen (secondary N) is 1. The number of aromatic amines is 1. The van der Waals surface area contributed by atoms with Crippen molar-refractivity contribution in [2.75, 3.05) is 13.1 Å². The van der Waals surface area contributed by atoms with Crippen LogP contribution in [0.25, 0.3) is 16.9 Å². The van der Waals surface area contributed by atoms with Gasteiger partial charge in [-0.2, -0.15) is 5.10 Å². The highest BCUT2D eigenvalue weighted by atomic mass is 16.2. The summed E-state index contributed by atoms with van der Waals surface area (Å²) in [4.78, 5) is 23.5. The number of amides is 1. The van der Waals surface area contributed by atoms with Crippen molar-refractivity contribution in [1.29, 1.82) is 0 Å². The minimum absolute atomic E-state index is 0.0454. The Kier molecular flexibility index (Phi) is 4.12. The maximum atomic E-state index is 13.0. The van der Waals surface area contributed by atoms with E-state index in [9.17, 15) is 4.79 Å². The zero-order chi connectivity index (χ0) is 18.9. The summed E-state index contributed by atoms with van der Waals surface area (Å²) in [5, 5.41) is 7.46. The molecule has 0 saturated carbocycles. The Morgan fingerprint density at radius 2 is 2.07 bits per heavy atom. The van der Waals surface area contributed by atoms with Crippen LogP contribution in [0.4, 0.5) is 0 Å². The van der Waals surface area contributed by atoms with E-state index in [2.05, 4.69) is 32.3 Å². The number of likely N-dealkylation sites (tertiary alicyclic amines) is 1. The molecule has 4 aromatic rings. The average molecular weight is 372 g/mol. The zero-order valence-corrected chi connectivity index (χ0v) is 15.3. The number of imidazole rings is 1. The Labute approximate surface area is 162 Å². The predicted molar refractivity (Wildman–Crippen MR) is 105 cm³/mol. The number of H-pyrrole nitrogens is 1. The molecular weight excluding hydrogens is 352 g/mol. The van der Waals surface area contributed by atoms with Gasteiger partial charge in [-0.25, -0.2) is 9.97 Å². The lowest BCUT2D eigenvalue weighted by molar-refractivity contribution is 0.0700. The minimum atomic E-state index is -0.0454. The number of carbonyl (C=O) groups is 1. The summed E-state index contributed by atoms with van der Waals surface area (Å²) < 4.78 is 1.77. The molecule has 7 nitrogen and oxygen atoms in total. The van der Waals surface area contributed by atoms with E-state index in [4.69, 9.17) is 0 Å². The Balaban J connectivity index is 1.40. The molecule has 1 aromatic carbocycles. The third-order valence-electron chi connectivity index (χ3n) is 5.33. The van der Waals surface area contributed by atoms with E-state index in [1.165, 1.54) is 0 Å². The molecule has 0 unspecified atom stereocenters. The van der Waals surface area contributed by atoms with Crippen LogP contribution in [0.2, 0.25) is 0 Å². The predicted octanol–water partition coefficient (Wildman–Crippen LogP) is 3.14. The summed E-state index contributed by atoms with van der Waals surface area (Å²) in [6.07, 6.45) is 9.13. The summed E-state index contributed by atoms with van der Waals surface area (Å²) in [6, 6.07) is 12.1. The molecule has 140 valence electrons. The number of hydrogen-bond donors (Lipinski definition) is 1. The van der Waals surface area contributed by atoms with E-state index in [1.807, 2.05) is 41.6 Å².